The maximum absolute atomic E-state index is 12.0. The Kier molecular flexibility index (Phi) is 3.69. The number of nitrogens with zero attached hydrogens (tertiary/aromatic N) is 1. The van der Waals surface area contributed by atoms with Gasteiger partial charge in [-0.15, -0.1) is 0 Å². The van der Waals surface area contributed by atoms with Crippen LogP contribution in [0.4, 0.5) is 4.79 Å². The molecule has 1 heterocycles. The lowest BCUT2D eigenvalue weighted by molar-refractivity contribution is 0.00882. The average Bonchev–Trinajstić information content (AvgIpc) is 2.28. The molecule has 1 amide bonds. The molecule has 1 saturated heterocycles. The summed E-state index contributed by atoms with van der Waals surface area (Å²) in [5, 5.41) is 0. The number of piperidine rings is 1. The lowest BCUT2D eigenvalue weighted by Crippen LogP contribution is -2.45. The number of ether oxygens (including phenoxy) is 1. The molecule has 2 aliphatic rings. The second-order valence-corrected chi connectivity index (χ2v) is 6.68. The summed E-state index contributed by atoms with van der Waals surface area (Å²) in [5.74, 6) is 0. The number of amides is 1. The van der Waals surface area contributed by atoms with Crippen LogP contribution in [-0.2, 0) is 4.74 Å². The van der Waals surface area contributed by atoms with Crippen LogP contribution in [0.2, 0.25) is 0 Å². The Labute approximate surface area is 110 Å². The van der Waals surface area contributed by atoms with E-state index in [1.54, 1.807) is 0 Å². The topological polar surface area (TPSA) is 29.5 Å². The quantitative estimate of drug-likeness (QED) is 0.614. The van der Waals surface area contributed by atoms with E-state index in [4.69, 9.17) is 4.74 Å². The van der Waals surface area contributed by atoms with Gasteiger partial charge in [0.25, 0.3) is 0 Å². The van der Waals surface area contributed by atoms with Gasteiger partial charge in [0.15, 0.2) is 0 Å². The van der Waals surface area contributed by atoms with Crippen molar-refractivity contribution in [3.63, 3.8) is 0 Å². The Bertz CT molecular complexity index is 333. The molecule has 1 fully saturated rings. The van der Waals surface area contributed by atoms with Gasteiger partial charge in [-0.2, -0.15) is 0 Å². The van der Waals surface area contributed by atoms with E-state index in [-0.39, 0.29) is 11.7 Å². The second-order valence-electron chi connectivity index (χ2n) is 6.68. The predicted molar refractivity (Wildman–Crippen MR) is 72.5 cm³/mol. The first kappa shape index (κ1) is 13.4. The number of rotatable bonds is 0. The smallest absolute Gasteiger partial charge is 0.410 e. The van der Waals surface area contributed by atoms with Gasteiger partial charge < -0.3 is 9.64 Å². The van der Waals surface area contributed by atoms with E-state index < -0.39 is 0 Å². The maximum atomic E-state index is 12.0. The number of carbonyl (C=O) groups is 1. The third-order valence-electron chi connectivity index (χ3n) is 4.03. The van der Waals surface area contributed by atoms with Gasteiger partial charge in [-0.1, -0.05) is 12.2 Å². The molecule has 1 aliphatic carbocycles. The molecule has 18 heavy (non-hydrogen) atoms. The molecule has 0 saturated carbocycles. The zero-order valence-electron chi connectivity index (χ0n) is 11.9. The van der Waals surface area contributed by atoms with Crippen molar-refractivity contribution in [2.24, 2.45) is 5.41 Å². The van der Waals surface area contributed by atoms with Gasteiger partial charge in [0.05, 0.1) is 0 Å². The highest BCUT2D eigenvalue weighted by Crippen LogP contribution is 2.42. The molecule has 0 bridgehead atoms. The Morgan fingerprint density at radius 2 is 1.83 bits per heavy atom. The SMILES string of the molecule is CC(C)(C)OC(=O)N1CCC2(CC=CCC2)CC1. The second kappa shape index (κ2) is 4.94. The summed E-state index contributed by atoms with van der Waals surface area (Å²) in [6.07, 6.45) is 10.4. The fourth-order valence-corrected chi connectivity index (χ4v) is 2.89. The van der Waals surface area contributed by atoms with Crippen LogP contribution in [0.3, 0.4) is 0 Å². The molecule has 1 spiro atoms. The van der Waals surface area contributed by atoms with Gasteiger partial charge in [-0.3, -0.25) is 0 Å². The van der Waals surface area contributed by atoms with Gasteiger partial charge in [-0.25, -0.2) is 4.79 Å². The number of carbonyl (C=O) groups excluding carboxylic acids is 1. The highest BCUT2D eigenvalue weighted by molar-refractivity contribution is 5.68. The maximum Gasteiger partial charge on any atom is 0.410 e. The van der Waals surface area contributed by atoms with E-state index in [1.165, 1.54) is 19.3 Å². The Hall–Kier alpha value is -0.990. The van der Waals surface area contributed by atoms with Gasteiger partial charge in [0, 0.05) is 13.1 Å². The fourth-order valence-electron chi connectivity index (χ4n) is 2.89. The minimum absolute atomic E-state index is 0.149. The Morgan fingerprint density at radius 1 is 1.17 bits per heavy atom. The van der Waals surface area contributed by atoms with E-state index in [0.29, 0.717) is 5.41 Å². The fraction of sp³-hybridized carbons (Fsp3) is 0.800. The number of allylic oxidation sites excluding steroid dienone is 2. The summed E-state index contributed by atoms with van der Waals surface area (Å²) in [5.41, 5.74) is 0.0764. The van der Waals surface area contributed by atoms with Crippen LogP contribution in [0.15, 0.2) is 12.2 Å². The van der Waals surface area contributed by atoms with Crippen molar-refractivity contribution >= 4 is 6.09 Å². The highest BCUT2D eigenvalue weighted by atomic mass is 16.6. The molecule has 1 aliphatic heterocycles. The predicted octanol–water partition coefficient (Wildman–Crippen LogP) is 3.74. The number of hydrogen-bond acceptors (Lipinski definition) is 2. The Morgan fingerprint density at radius 3 is 2.33 bits per heavy atom. The summed E-state index contributed by atoms with van der Waals surface area (Å²) >= 11 is 0. The number of likely N-dealkylation sites (tertiary alicyclic amines) is 1. The third-order valence-corrected chi connectivity index (χ3v) is 4.03. The van der Waals surface area contributed by atoms with Crippen molar-refractivity contribution in [2.75, 3.05) is 13.1 Å². The first-order valence-electron chi connectivity index (χ1n) is 7.03. The van der Waals surface area contributed by atoms with Crippen molar-refractivity contribution in [2.45, 2.75) is 58.5 Å². The minimum atomic E-state index is -0.389. The number of hydrogen-bond donors (Lipinski definition) is 0. The van der Waals surface area contributed by atoms with E-state index in [2.05, 4.69) is 12.2 Å². The van der Waals surface area contributed by atoms with E-state index in [1.807, 2.05) is 25.7 Å². The first-order valence-corrected chi connectivity index (χ1v) is 7.03. The Balaban J connectivity index is 1.86. The van der Waals surface area contributed by atoms with Gasteiger partial charge >= 0.3 is 6.09 Å². The standard InChI is InChI=1S/C15H25NO2/c1-14(2,3)18-13(17)16-11-9-15(10-12-16)7-5-4-6-8-15/h4-5H,6-12H2,1-3H3. The van der Waals surface area contributed by atoms with Crippen molar-refractivity contribution < 1.29 is 9.53 Å². The van der Waals surface area contributed by atoms with Crippen LogP contribution in [-0.4, -0.2) is 29.7 Å². The van der Waals surface area contributed by atoms with Crippen LogP contribution >= 0.6 is 0 Å². The molecule has 2 rings (SSSR count). The molecule has 3 nitrogen and oxygen atoms in total. The molecule has 0 unspecified atom stereocenters. The highest BCUT2D eigenvalue weighted by Gasteiger charge is 2.36. The van der Waals surface area contributed by atoms with E-state index in [0.717, 1.165) is 25.9 Å². The summed E-state index contributed by atoms with van der Waals surface area (Å²) < 4.78 is 5.43. The molecule has 0 N–H and O–H groups in total. The van der Waals surface area contributed by atoms with Crippen LogP contribution in [0.1, 0.15) is 52.9 Å². The summed E-state index contributed by atoms with van der Waals surface area (Å²) in [6.45, 7) is 7.46. The molecule has 0 aromatic heterocycles. The minimum Gasteiger partial charge on any atom is -0.444 e. The summed E-state index contributed by atoms with van der Waals surface area (Å²) in [6, 6.07) is 0. The normalized spacial score (nSPS) is 23.2. The zero-order chi connectivity index (χ0) is 13.2. The van der Waals surface area contributed by atoms with Crippen LogP contribution in [0.25, 0.3) is 0 Å². The molecule has 0 aromatic carbocycles. The summed E-state index contributed by atoms with van der Waals surface area (Å²) in [4.78, 5) is 13.8. The molecule has 0 radical (unpaired) electrons. The summed E-state index contributed by atoms with van der Waals surface area (Å²) in [7, 11) is 0. The van der Waals surface area contributed by atoms with Crippen LogP contribution in [0, 0.1) is 5.41 Å². The zero-order valence-corrected chi connectivity index (χ0v) is 11.9. The largest absolute Gasteiger partial charge is 0.444 e. The lowest BCUT2D eigenvalue weighted by atomic mass is 9.70. The van der Waals surface area contributed by atoms with Crippen molar-refractivity contribution in [1.82, 2.24) is 4.90 Å². The van der Waals surface area contributed by atoms with E-state index in [9.17, 15) is 4.79 Å². The van der Waals surface area contributed by atoms with Crippen molar-refractivity contribution in [3.8, 4) is 0 Å². The monoisotopic (exact) mass is 251 g/mol. The van der Waals surface area contributed by atoms with Gasteiger partial charge in [-0.05, 0) is 58.3 Å². The van der Waals surface area contributed by atoms with Gasteiger partial charge in [0.1, 0.15) is 5.60 Å². The molecule has 0 aromatic rings. The van der Waals surface area contributed by atoms with Crippen molar-refractivity contribution in [3.05, 3.63) is 12.2 Å². The van der Waals surface area contributed by atoms with Crippen LogP contribution in [0.5, 0.6) is 0 Å². The van der Waals surface area contributed by atoms with Gasteiger partial charge in [0.2, 0.25) is 0 Å². The molecular weight excluding hydrogens is 226 g/mol. The van der Waals surface area contributed by atoms with Crippen molar-refractivity contribution in [1.29, 1.82) is 0 Å². The molecule has 3 heteroatoms. The average molecular weight is 251 g/mol. The lowest BCUT2D eigenvalue weighted by Gasteiger charge is -2.42. The third kappa shape index (κ3) is 3.27. The van der Waals surface area contributed by atoms with E-state index >= 15 is 0 Å². The molecular formula is C15H25NO2. The van der Waals surface area contributed by atoms with Crippen LogP contribution < -0.4 is 0 Å². The first-order chi connectivity index (χ1) is 8.40. The molecule has 0 atom stereocenters. The molecule has 102 valence electrons.